The smallest absolute Gasteiger partial charge is 0.326 e. The number of Topliss-reactive ketones (excluding diaryl/α,β-unsaturated/α-hetero) is 1. The molecule has 8 nitrogen and oxygen atoms in total. The average molecular weight is 503 g/mol. The number of carboxylic acid groups (broad SMARTS) is 1. The minimum Gasteiger partial charge on any atom is -0.480 e. The number of fused-ring (bicyclic) bond motifs is 5. The number of hydrogen-bond donors (Lipinski definition) is 3. The molecule has 4 aliphatic rings. The topological polar surface area (TPSA) is 125 Å². The Balaban J connectivity index is 1.42. The third-order valence-corrected chi connectivity index (χ3v) is 10.3. The molecule has 0 aromatic carbocycles. The zero-order valence-electron chi connectivity index (χ0n) is 22.3. The van der Waals surface area contributed by atoms with Crippen LogP contribution in [-0.2, 0) is 19.2 Å². The van der Waals surface area contributed by atoms with Crippen LogP contribution in [0.5, 0.6) is 0 Å². The molecule has 0 bridgehead atoms. The van der Waals surface area contributed by atoms with Crippen molar-refractivity contribution in [3.63, 3.8) is 0 Å². The van der Waals surface area contributed by atoms with Gasteiger partial charge in [0.05, 0.1) is 5.71 Å². The van der Waals surface area contributed by atoms with Crippen LogP contribution in [0.4, 0.5) is 0 Å². The van der Waals surface area contributed by atoms with E-state index in [1.165, 1.54) is 5.57 Å². The van der Waals surface area contributed by atoms with E-state index in [1.807, 2.05) is 0 Å². The molecule has 36 heavy (non-hydrogen) atoms. The van der Waals surface area contributed by atoms with Gasteiger partial charge in [-0.1, -0.05) is 38.4 Å². The van der Waals surface area contributed by atoms with E-state index in [1.54, 1.807) is 20.8 Å². The summed E-state index contributed by atoms with van der Waals surface area (Å²) in [6, 6.07) is -0.954. The lowest BCUT2D eigenvalue weighted by molar-refractivity contribution is -0.159. The molecule has 0 saturated heterocycles. The lowest BCUT2D eigenvalue weighted by Gasteiger charge is -2.59. The van der Waals surface area contributed by atoms with Crippen molar-refractivity contribution >= 4 is 23.4 Å². The molecule has 1 amide bonds. The van der Waals surface area contributed by atoms with Crippen molar-refractivity contribution in [1.82, 2.24) is 5.32 Å². The fourth-order valence-electron chi connectivity index (χ4n) is 8.14. The number of oxime groups is 1. The normalized spacial score (nSPS) is 39.5. The molecule has 0 aromatic heterocycles. The maximum absolute atomic E-state index is 12.4. The van der Waals surface area contributed by atoms with Gasteiger partial charge in [-0.2, -0.15) is 0 Å². The van der Waals surface area contributed by atoms with Crippen molar-refractivity contribution < 1.29 is 29.4 Å². The first-order valence-electron chi connectivity index (χ1n) is 13.5. The van der Waals surface area contributed by atoms with Crippen LogP contribution in [-0.4, -0.2) is 51.8 Å². The van der Waals surface area contributed by atoms with E-state index in [4.69, 9.17) is 4.84 Å². The second-order valence-electron chi connectivity index (χ2n) is 12.4. The highest BCUT2D eigenvalue weighted by molar-refractivity contribution is 5.96. The predicted octanol–water partition coefficient (Wildman–Crippen LogP) is 3.87. The van der Waals surface area contributed by atoms with Gasteiger partial charge in [0, 0.05) is 5.41 Å². The van der Waals surface area contributed by atoms with Crippen LogP contribution in [0.3, 0.4) is 0 Å². The molecule has 0 spiro atoms. The Kier molecular flexibility index (Phi) is 7.14. The molecule has 0 aromatic rings. The van der Waals surface area contributed by atoms with Crippen LogP contribution in [0.2, 0.25) is 0 Å². The van der Waals surface area contributed by atoms with Crippen LogP contribution >= 0.6 is 0 Å². The van der Waals surface area contributed by atoms with Gasteiger partial charge in [-0.25, -0.2) is 4.79 Å². The molecule has 3 N–H and O–H groups in total. The van der Waals surface area contributed by atoms with E-state index in [2.05, 4.69) is 30.4 Å². The summed E-state index contributed by atoms with van der Waals surface area (Å²) >= 11 is 0. The van der Waals surface area contributed by atoms with Crippen LogP contribution in [0, 0.1) is 34.5 Å². The van der Waals surface area contributed by atoms with Gasteiger partial charge in [-0.05, 0) is 93.5 Å². The molecule has 3 fully saturated rings. The van der Waals surface area contributed by atoms with Gasteiger partial charge in [0.25, 0.3) is 5.91 Å². The highest BCUT2D eigenvalue weighted by Crippen LogP contribution is 2.67. The summed E-state index contributed by atoms with van der Waals surface area (Å²) in [5, 5.41) is 27.2. The van der Waals surface area contributed by atoms with Gasteiger partial charge in [0.15, 0.2) is 12.4 Å². The molecule has 3 saturated carbocycles. The van der Waals surface area contributed by atoms with E-state index in [-0.39, 0.29) is 29.1 Å². The van der Waals surface area contributed by atoms with Crippen LogP contribution in [0.25, 0.3) is 0 Å². The average Bonchev–Trinajstić information content (AvgIpc) is 3.09. The molecule has 4 aliphatic carbocycles. The van der Waals surface area contributed by atoms with Gasteiger partial charge in [-0.15, -0.1) is 0 Å². The summed E-state index contributed by atoms with van der Waals surface area (Å²) in [6.07, 6.45) is 9.29. The largest absolute Gasteiger partial charge is 0.480 e. The van der Waals surface area contributed by atoms with Crippen LogP contribution < -0.4 is 5.32 Å². The van der Waals surface area contributed by atoms with Gasteiger partial charge in [0.2, 0.25) is 0 Å². The lowest BCUT2D eigenvalue weighted by atomic mass is 9.46. The first-order chi connectivity index (χ1) is 16.8. The molecular formula is C28H42N2O6. The number of amides is 1. The predicted molar refractivity (Wildman–Crippen MR) is 135 cm³/mol. The standard InChI is InChI=1S/C28H42N2O6/c1-16(2)24(25(33)34)29-23(32)15-36-30-19-8-11-26(4)18(14-19)6-7-20-21(26)9-12-27(5)22(20)10-13-28(27,35)17(3)31/h14,16,20-22,24,35H,6-13,15H2,1-5H3,(H,29,32)(H,33,34)/b30-19-/t20-,21+,22+,24-,26-,27+,28+/m0/s1. The van der Waals surface area contributed by atoms with Gasteiger partial charge in [-0.3, -0.25) is 9.59 Å². The van der Waals surface area contributed by atoms with Crippen LogP contribution in [0.15, 0.2) is 16.8 Å². The molecule has 7 atom stereocenters. The number of rotatable bonds is 7. The summed E-state index contributed by atoms with van der Waals surface area (Å²) in [7, 11) is 0. The molecule has 0 aliphatic heterocycles. The summed E-state index contributed by atoms with van der Waals surface area (Å²) in [6.45, 7) is 9.23. The minimum absolute atomic E-state index is 0.0730. The quantitative estimate of drug-likeness (QED) is 0.454. The Morgan fingerprint density at radius 2 is 1.81 bits per heavy atom. The number of allylic oxidation sites excluding steroid dienone is 2. The maximum atomic E-state index is 12.4. The second kappa shape index (κ2) is 9.58. The SMILES string of the molecule is CC(=O)[C@]1(O)CC[C@@H]2[C@H]3CCC4=C/C(=N\OCC(=O)N[C@H](C(=O)O)C(C)C)CC[C@]4(C)[C@@H]3CC[C@]21C. The van der Waals surface area contributed by atoms with Gasteiger partial charge in [0.1, 0.15) is 11.6 Å². The number of carboxylic acids is 1. The van der Waals surface area contributed by atoms with E-state index < -0.39 is 23.5 Å². The molecule has 0 radical (unpaired) electrons. The Hall–Kier alpha value is -2.22. The van der Waals surface area contributed by atoms with Gasteiger partial charge < -0.3 is 20.4 Å². The van der Waals surface area contributed by atoms with Gasteiger partial charge >= 0.3 is 5.97 Å². The number of aliphatic carboxylic acids is 1. The van der Waals surface area contributed by atoms with Crippen molar-refractivity contribution in [1.29, 1.82) is 0 Å². The van der Waals surface area contributed by atoms with Crippen molar-refractivity contribution in [2.75, 3.05) is 6.61 Å². The number of nitrogens with one attached hydrogen (secondary N) is 1. The van der Waals surface area contributed by atoms with Crippen molar-refractivity contribution in [2.24, 2.45) is 39.7 Å². The van der Waals surface area contributed by atoms with Crippen molar-refractivity contribution in [2.45, 2.75) is 97.6 Å². The zero-order chi connectivity index (χ0) is 26.5. The first kappa shape index (κ1) is 26.8. The van der Waals surface area contributed by atoms with Crippen LogP contribution in [0.1, 0.15) is 86.0 Å². The van der Waals surface area contributed by atoms with E-state index in [0.29, 0.717) is 24.2 Å². The Morgan fingerprint density at radius 3 is 2.44 bits per heavy atom. The van der Waals surface area contributed by atoms with E-state index in [9.17, 15) is 24.6 Å². The monoisotopic (exact) mass is 502 g/mol. The highest BCUT2D eigenvalue weighted by Gasteiger charge is 2.65. The molecule has 8 heteroatoms. The maximum Gasteiger partial charge on any atom is 0.326 e. The fraction of sp³-hybridized carbons (Fsp3) is 0.786. The lowest BCUT2D eigenvalue weighted by Crippen LogP contribution is -2.57. The molecular weight excluding hydrogens is 460 g/mol. The van der Waals surface area contributed by atoms with Crippen molar-refractivity contribution in [3.05, 3.63) is 11.6 Å². The third-order valence-electron chi connectivity index (χ3n) is 10.3. The number of ketones is 1. The highest BCUT2D eigenvalue weighted by atomic mass is 16.6. The Bertz CT molecular complexity index is 989. The Labute approximate surface area is 213 Å². The number of nitrogens with zero attached hydrogens (tertiary/aromatic N) is 1. The first-order valence-corrected chi connectivity index (χ1v) is 13.5. The summed E-state index contributed by atoms with van der Waals surface area (Å²) in [4.78, 5) is 41.1. The minimum atomic E-state index is -1.19. The third kappa shape index (κ3) is 4.29. The number of aliphatic hydroxyl groups is 1. The molecule has 0 heterocycles. The fourth-order valence-corrected chi connectivity index (χ4v) is 8.14. The number of hydrogen-bond acceptors (Lipinski definition) is 6. The molecule has 0 unspecified atom stereocenters. The Morgan fingerprint density at radius 1 is 1.11 bits per heavy atom. The number of carbonyl (C=O) groups is 3. The number of carbonyl (C=O) groups excluding carboxylic acids is 2. The molecule has 200 valence electrons. The summed E-state index contributed by atoms with van der Waals surface area (Å²) in [5.41, 5.74) is 0.761. The summed E-state index contributed by atoms with van der Waals surface area (Å²) in [5.74, 6) is -0.455. The second-order valence-corrected chi connectivity index (χ2v) is 12.4. The molecule has 4 rings (SSSR count). The van der Waals surface area contributed by atoms with E-state index in [0.717, 1.165) is 50.7 Å². The van der Waals surface area contributed by atoms with Crippen molar-refractivity contribution in [3.8, 4) is 0 Å². The zero-order valence-corrected chi connectivity index (χ0v) is 22.3. The summed E-state index contributed by atoms with van der Waals surface area (Å²) < 4.78 is 0. The van der Waals surface area contributed by atoms with E-state index >= 15 is 0 Å².